The van der Waals surface area contributed by atoms with Crippen molar-refractivity contribution in [3.63, 3.8) is 0 Å². The van der Waals surface area contributed by atoms with Gasteiger partial charge in [0.25, 0.3) is 0 Å². The van der Waals surface area contributed by atoms with Gasteiger partial charge < -0.3 is 9.47 Å². The Morgan fingerprint density at radius 2 is 2.24 bits per heavy atom. The van der Waals surface area contributed by atoms with Gasteiger partial charge in [-0.05, 0) is 37.1 Å². The fourth-order valence-electron chi connectivity index (χ4n) is 1.60. The van der Waals surface area contributed by atoms with Crippen LogP contribution in [0.3, 0.4) is 0 Å². The molecule has 0 aliphatic heterocycles. The third-order valence-corrected chi connectivity index (χ3v) is 2.70. The SMILES string of the molecule is CCOCC(Cc1cc(Cl)ccc1OC)NN. The fraction of sp³-hybridized carbons (Fsp3) is 0.500. The van der Waals surface area contributed by atoms with Crippen LogP contribution in [0.15, 0.2) is 18.2 Å². The predicted octanol–water partition coefficient (Wildman–Crippen LogP) is 1.76. The minimum absolute atomic E-state index is 0.0438. The molecule has 4 nitrogen and oxygen atoms in total. The van der Waals surface area contributed by atoms with E-state index in [0.29, 0.717) is 24.7 Å². The molecule has 1 unspecified atom stereocenters. The second-order valence-electron chi connectivity index (χ2n) is 3.68. The molecule has 1 atom stereocenters. The van der Waals surface area contributed by atoms with Gasteiger partial charge in [0.05, 0.1) is 13.7 Å². The van der Waals surface area contributed by atoms with Crippen LogP contribution in [-0.2, 0) is 11.2 Å². The summed E-state index contributed by atoms with van der Waals surface area (Å²) in [6.45, 7) is 3.18. The number of nitrogens with two attached hydrogens (primary N) is 1. The lowest BCUT2D eigenvalue weighted by molar-refractivity contribution is 0.122. The van der Waals surface area contributed by atoms with Gasteiger partial charge in [-0.3, -0.25) is 11.3 Å². The Balaban J connectivity index is 2.73. The summed E-state index contributed by atoms with van der Waals surface area (Å²) in [6.07, 6.45) is 0.709. The molecule has 1 aromatic rings. The molecule has 17 heavy (non-hydrogen) atoms. The molecule has 0 amide bonds. The number of hydrazine groups is 1. The standard InChI is InChI=1S/C12H19ClN2O2/c1-3-17-8-11(15-14)7-9-6-10(13)4-5-12(9)16-2/h4-6,11,15H,3,7-8,14H2,1-2H3. The summed E-state index contributed by atoms with van der Waals surface area (Å²) in [5.74, 6) is 6.30. The molecular weight excluding hydrogens is 240 g/mol. The van der Waals surface area contributed by atoms with E-state index in [1.165, 1.54) is 0 Å². The molecule has 5 heteroatoms. The van der Waals surface area contributed by atoms with Crippen molar-refractivity contribution in [2.75, 3.05) is 20.3 Å². The number of ether oxygens (including phenoxy) is 2. The molecule has 0 spiro atoms. The zero-order valence-electron chi connectivity index (χ0n) is 10.2. The first-order chi connectivity index (χ1) is 8.21. The predicted molar refractivity (Wildman–Crippen MR) is 69.3 cm³/mol. The topological polar surface area (TPSA) is 56.5 Å². The quantitative estimate of drug-likeness (QED) is 0.578. The van der Waals surface area contributed by atoms with Crippen LogP contribution in [0.25, 0.3) is 0 Å². The Morgan fingerprint density at radius 3 is 2.82 bits per heavy atom. The summed E-state index contributed by atoms with van der Waals surface area (Å²) in [5.41, 5.74) is 3.75. The highest BCUT2D eigenvalue weighted by Crippen LogP contribution is 2.23. The Labute approximate surface area is 107 Å². The lowest BCUT2D eigenvalue weighted by atomic mass is 10.1. The Hall–Kier alpha value is -0.810. The monoisotopic (exact) mass is 258 g/mol. The van der Waals surface area contributed by atoms with E-state index in [4.69, 9.17) is 26.9 Å². The van der Waals surface area contributed by atoms with Crippen molar-refractivity contribution in [1.82, 2.24) is 5.43 Å². The van der Waals surface area contributed by atoms with Crippen LogP contribution in [-0.4, -0.2) is 26.4 Å². The average molecular weight is 259 g/mol. The second kappa shape index (κ2) is 7.50. The van der Waals surface area contributed by atoms with E-state index in [1.54, 1.807) is 13.2 Å². The van der Waals surface area contributed by atoms with E-state index in [2.05, 4.69) is 5.43 Å². The maximum absolute atomic E-state index is 5.97. The number of methoxy groups -OCH3 is 1. The molecule has 0 aliphatic carbocycles. The van der Waals surface area contributed by atoms with E-state index >= 15 is 0 Å². The van der Waals surface area contributed by atoms with Crippen LogP contribution in [0, 0.1) is 0 Å². The number of halogens is 1. The Bertz CT molecular complexity index is 347. The highest BCUT2D eigenvalue weighted by Gasteiger charge is 2.12. The molecule has 0 saturated carbocycles. The summed E-state index contributed by atoms with van der Waals surface area (Å²) >= 11 is 5.97. The molecule has 0 radical (unpaired) electrons. The summed E-state index contributed by atoms with van der Waals surface area (Å²) in [6, 6.07) is 5.59. The minimum atomic E-state index is 0.0438. The molecular formula is C12H19ClN2O2. The van der Waals surface area contributed by atoms with Gasteiger partial charge in [-0.2, -0.15) is 0 Å². The lowest BCUT2D eigenvalue weighted by Gasteiger charge is -2.17. The molecule has 0 fully saturated rings. The second-order valence-corrected chi connectivity index (χ2v) is 4.12. The first kappa shape index (κ1) is 14.3. The van der Waals surface area contributed by atoms with Crippen LogP contribution >= 0.6 is 11.6 Å². The number of hydrogen-bond donors (Lipinski definition) is 2. The number of nitrogens with one attached hydrogen (secondary N) is 1. The Kier molecular flexibility index (Phi) is 6.29. The van der Waals surface area contributed by atoms with Crippen molar-refractivity contribution in [1.29, 1.82) is 0 Å². The summed E-state index contributed by atoms with van der Waals surface area (Å²) in [5, 5.41) is 0.688. The first-order valence-electron chi connectivity index (χ1n) is 5.57. The zero-order valence-corrected chi connectivity index (χ0v) is 11.0. The highest BCUT2D eigenvalue weighted by atomic mass is 35.5. The maximum atomic E-state index is 5.97. The van der Waals surface area contributed by atoms with E-state index in [-0.39, 0.29) is 6.04 Å². The number of hydrogen-bond acceptors (Lipinski definition) is 4. The third-order valence-electron chi connectivity index (χ3n) is 2.47. The van der Waals surface area contributed by atoms with Gasteiger partial charge in [-0.25, -0.2) is 0 Å². The highest BCUT2D eigenvalue weighted by molar-refractivity contribution is 6.30. The molecule has 96 valence electrons. The Morgan fingerprint density at radius 1 is 1.47 bits per heavy atom. The van der Waals surface area contributed by atoms with Crippen molar-refractivity contribution in [3.8, 4) is 5.75 Å². The van der Waals surface area contributed by atoms with Crippen LogP contribution in [0.5, 0.6) is 5.75 Å². The molecule has 1 rings (SSSR count). The summed E-state index contributed by atoms with van der Waals surface area (Å²) in [4.78, 5) is 0. The molecule has 3 N–H and O–H groups in total. The molecule has 0 heterocycles. The first-order valence-corrected chi connectivity index (χ1v) is 5.95. The maximum Gasteiger partial charge on any atom is 0.122 e. The van der Waals surface area contributed by atoms with E-state index in [1.807, 2.05) is 19.1 Å². The van der Waals surface area contributed by atoms with Crippen molar-refractivity contribution in [3.05, 3.63) is 28.8 Å². The third kappa shape index (κ3) is 4.52. The van der Waals surface area contributed by atoms with Gasteiger partial charge in [0.2, 0.25) is 0 Å². The molecule has 0 saturated heterocycles. The van der Waals surface area contributed by atoms with Gasteiger partial charge in [0, 0.05) is 17.7 Å². The van der Waals surface area contributed by atoms with Crippen molar-refractivity contribution in [2.24, 2.45) is 5.84 Å². The van der Waals surface area contributed by atoms with Crippen LogP contribution in [0.2, 0.25) is 5.02 Å². The molecule has 1 aromatic carbocycles. The molecule has 0 aliphatic rings. The fourth-order valence-corrected chi connectivity index (χ4v) is 1.79. The normalized spacial score (nSPS) is 12.5. The van der Waals surface area contributed by atoms with E-state index < -0.39 is 0 Å². The minimum Gasteiger partial charge on any atom is -0.496 e. The van der Waals surface area contributed by atoms with Crippen molar-refractivity contribution < 1.29 is 9.47 Å². The van der Waals surface area contributed by atoms with Gasteiger partial charge in [0.1, 0.15) is 5.75 Å². The van der Waals surface area contributed by atoms with Gasteiger partial charge in [0.15, 0.2) is 0 Å². The van der Waals surface area contributed by atoms with Crippen molar-refractivity contribution in [2.45, 2.75) is 19.4 Å². The smallest absolute Gasteiger partial charge is 0.122 e. The molecule has 0 bridgehead atoms. The summed E-state index contributed by atoms with van der Waals surface area (Å²) < 4.78 is 10.6. The van der Waals surface area contributed by atoms with Crippen LogP contribution in [0.4, 0.5) is 0 Å². The lowest BCUT2D eigenvalue weighted by Crippen LogP contribution is -2.40. The van der Waals surface area contributed by atoms with Gasteiger partial charge >= 0.3 is 0 Å². The van der Waals surface area contributed by atoms with Gasteiger partial charge in [-0.1, -0.05) is 11.6 Å². The zero-order chi connectivity index (χ0) is 12.7. The number of benzene rings is 1. The summed E-state index contributed by atoms with van der Waals surface area (Å²) in [7, 11) is 1.64. The van der Waals surface area contributed by atoms with Gasteiger partial charge in [-0.15, -0.1) is 0 Å². The average Bonchev–Trinajstić information content (AvgIpc) is 2.34. The van der Waals surface area contributed by atoms with Crippen LogP contribution < -0.4 is 16.0 Å². The van der Waals surface area contributed by atoms with E-state index in [0.717, 1.165) is 11.3 Å². The number of rotatable bonds is 7. The van der Waals surface area contributed by atoms with E-state index in [9.17, 15) is 0 Å². The van der Waals surface area contributed by atoms with Crippen molar-refractivity contribution >= 4 is 11.6 Å². The van der Waals surface area contributed by atoms with Crippen LogP contribution in [0.1, 0.15) is 12.5 Å². The molecule has 0 aromatic heterocycles. The largest absolute Gasteiger partial charge is 0.496 e.